The standard InChI is InChI=1S/C14H14N4O3S/c1-9(2)13-16-14(17-21-13)18-22(19,20)12-5-3-4-10-8-15-7-6-11(10)12/h3-9H,1-2H3,(H,17,18). The summed E-state index contributed by atoms with van der Waals surface area (Å²) in [4.78, 5) is 8.15. The second-order valence-electron chi connectivity index (χ2n) is 5.07. The minimum atomic E-state index is -3.82. The molecular weight excluding hydrogens is 304 g/mol. The van der Waals surface area contributed by atoms with Gasteiger partial charge in [0, 0.05) is 29.1 Å². The lowest BCUT2D eigenvalue weighted by atomic mass is 10.2. The lowest BCUT2D eigenvalue weighted by Gasteiger charge is -2.07. The summed E-state index contributed by atoms with van der Waals surface area (Å²) in [5, 5.41) is 4.96. The topological polar surface area (TPSA) is 98.0 Å². The van der Waals surface area contributed by atoms with Crippen molar-refractivity contribution in [2.24, 2.45) is 0 Å². The molecule has 1 N–H and O–H groups in total. The summed E-state index contributed by atoms with van der Waals surface area (Å²) in [6.45, 7) is 3.76. The third-order valence-corrected chi connectivity index (χ3v) is 4.48. The summed E-state index contributed by atoms with van der Waals surface area (Å²) >= 11 is 0. The molecule has 2 aromatic heterocycles. The minimum absolute atomic E-state index is 0.0226. The average Bonchev–Trinajstić information content (AvgIpc) is 2.94. The molecule has 0 saturated heterocycles. The third-order valence-electron chi connectivity index (χ3n) is 3.09. The lowest BCUT2D eigenvalue weighted by Crippen LogP contribution is -2.14. The van der Waals surface area contributed by atoms with Crippen LogP contribution < -0.4 is 4.72 Å². The van der Waals surface area contributed by atoms with Crippen LogP contribution in [0.15, 0.2) is 46.1 Å². The number of aromatic nitrogens is 3. The first-order valence-electron chi connectivity index (χ1n) is 6.66. The number of pyridine rings is 1. The summed E-state index contributed by atoms with van der Waals surface area (Å²) in [6, 6.07) is 6.63. The van der Waals surface area contributed by atoms with Crippen LogP contribution in [0.3, 0.4) is 0 Å². The highest BCUT2D eigenvalue weighted by molar-refractivity contribution is 7.93. The van der Waals surface area contributed by atoms with Crippen molar-refractivity contribution in [2.45, 2.75) is 24.7 Å². The molecule has 0 fully saturated rings. The first-order chi connectivity index (χ1) is 10.5. The van der Waals surface area contributed by atoms with Gasteiger partial charge in [0.25, 0.3) is 16.0 Å². The Morgan fingerprint density at radius 1 is 1.23 bits per heavy atom. The predicted molar refractivity (Wildman–Crippen MR) is 80.9 cm³/mol. The highest BCUT2D eigenvalue weighted by Gasteiger charge is 2.20. The molecular formula is C14H14N4O3S. The van der Waals surface area contributed by atoms with Crippen LogP contribution in [-0.2, 0) is 10.0 Å². The van der Waals surface area contributed by atoms with E-state index < -0.39 is 10.0 Å². The Hall–Kier alpha value is -2.48. The number of benzene rings is 1. The van der Waals surface area contributed by atoms with Crippen molar-refractivity contribution in [2.75, 3.05) is 4.72 Å². The lowest BCUT2D eigenvalue weighted by molar-refractivity contribution is 0.366. The molecule has 8 heteroatoms. The number of hydrogen-bond donors (Lipinski definition) is 1. The second-order valence-corrected chi connectivity index (χ2v) is 6.72. The van der Waals surface area contributed by atoms with Gasteiger partial charge in [-0.3, -0.25) is 4.98 Å². The van der Waals surface area contributed by atoms with Crippen LogP contribution in [0.4, 0.5) is 5.95 Å². The number of fused-ring (bicyclic) bond motifs is 1. The molecule has 3 rings (SSSR count). The Kier molecular flexibility index (Phi) is 3.53. The molecule has 0 atom stereocenters. The fraction of sp³-hybridized carbons (Fsp3) is 0.214. The Morgan fingerprint density at radius 2 is 2.05 bits per heavy atom. The molecule has 0 bridgehead atoms. The van der Waals surface area contributed by atoms with Crippen molar-refractivity contribution >= 4 is 26.7 Å². The average molecular weight is 318 g/mol. The van der Waals surface area contributed by atoms with Gasteiger partial charge in [0.05, 0.1) is 4.90 Å². The van der Waals surface area contributed by atoms with E-state index in [9.17, 15) is 8.42 Å². The van der Waals surface area contributed by atoms with E-state index >= 15 is 0 Å². The molecule has 3 aromatic rings. The SMILES string of the molecule is CC(C)c1nc(NS(=O)(=O)c2cccc3cnccc23)no1. The van der Waals surface area contributed by atoms with Gasteiger partial charge < -0.3 is 4.52 Å². The quantitative estimate of drug-likeness (QED) is 0.794. The van der Waals surface area contributed by atoms with E-state index in [0.717, 1.165) is 5.39 Å². The monoisotopic (exact) mass is 318 g/mol. The molecule has 1 aromatic carbocycles. The fourth-order valence-electron chi connectivity index (χ4n) is 2.01. The molecule has 0 unspecified atom stereocenters. The van der Waals surface area contributed by atoms with Crippen molar-refractivity contribution in [1.29, 1.82) is 0 Å². The van der Waals surface area contributed by atoms with Gasteiger partial charge in [-0.25, -0.2) is 13.1 Å². The zero-order chi connectivity index (χ0) is 15.7. The van der Waals surface area contributed by atoms with Gasteiger partial charge in [-0.05, 0) is 17.3 Å². The van der Waals surface area contributed by atoms with Crippen LogP contribution in [0.5, 0.6) is 0 Å². The van der Waals surface area contributed by atoms with Crippen molar-refractivity contribution in [3.05, 3.63) is 42.5 Å². The van der Waals surface area contributed by atoms with E-state index in [1.54, 1.807) is 30.6 Å². The fourth-order valence-corrected chi connectivity index (χ4v) is 3.18. The van der Waals surface area contributed by atoms with Crippen LogP contribution >= 0.6 is 0 Å². The number of anilines is 1. The number of nitrogens with zero attached hydrogens (tertiary/aromatic N) is 3. The second kappa shape index (κ2) is 5.38. The zero-order valence-corrected chi connectivity index (χ0v) is 12.8. The van der Waals surface area contributed by atoms with E-state index in [0.29, 0.717) is 11.3 Å². The van der Waals surface area contributed by atoms with Crippen molar-refractivity contribution in [3.8, 4) is 0 Å². The molecule has 0 amide bonds. The maximum Gasteiger partial charge on any atom is 0.277 e. The summed E-state index contributed by atoms with van der Waals surface area (Å²) in [5.41, 5.74) is 0. The maximum atomic E-state index is 12.5. The molecule has 0 radical (unpaired) electrons. The number of rotatable bonds is 4. The largest absolute Gasteiger partial charge is 0.337 e. The van der Waals surface area contributed by atoms with Crippen molar-refractivity contribution in [3.63, 3.8) is 0 Å². The Balaban J connectivity index is 2.01. The van der Waals surface area contributed by atoms with Crippen LogP contribution in [0.1, 0.15) is 25.7 Å². The van der Waals surface area contributed by atoms with Gasteiger partial charge in [-0.15, -0.1) is 0 Å². The van der Waals surface area contributed by atoms with Crippen LogP contribution in [-0.4, -0.2) is 23.5 Å². The normalized spacial score (nSPS) is 12.0. The predicted octanol–water partition coefficient (Wildman–Crippen LogP) is 2.54. The Labute approximate surface area is 127 Å². The van der Waals surface area contributed by atoms with Crippen LogP contribution in [0.25, 0.3) is 10.8 Å². The summed E-state index contributed by atoms with van der Waals surface area (Å²) < 4.78 is 32.4. The van der Waals surface area contributed by atoms with Gasteiger partial charge in [-0.2, -0.15) is 4.98 Å². The van der Waals surface area contributed by atoms with Gasteiger partial charge in [0.15, 0.2) is 0 Å². The Morgan fingerprint density at radius 3 is 2.77 bits per heavy atom. The van der Waals surface area contributed by atoms with E-state index in [-0.39, 0.29) is 16.8 Å². The zero-order valence-electron chi connectivity index (χ0n) is 12.0. The summed E-state index contributed by atoms with van der Waals surface area (Å²) in [7, 11) is -3.82. The number of sulfonamides is 1. The highest BCUT2D eigenvalue weighted by Crippen LogP contribution is 2.24. The maximum absolute atomic E-state index is 12.5. The van der Waals surface area contributed by atoms with Crippen LogP contribution in [0.2, 0.25) is 0 Å². The molecule has 0 aliphatic carbocycles. The third kappa shape index (κ3) is 2.64. The van der Waals surface area contributed by atoms with Crippen LogP contribution in [0, 0.1) is 0 Å². The van der Waals surface area contributed by atoms with E-state index in [1.807, 2.05) is 13.8 Å². The van der Waals surface area contributed by atoms with Crippen molar-refractivity contribution in [1.82, 2.24) is 15.1 Å². The van der Waals surface area contributed by atoms with Gasteiger partial charge >= 0.3 is 0 Å². The van der Waals surface area contributed by atoms with E-state index in [1.165, 1.54) is 6.07 Å². The molecule has 114 valence electrons. The summed E-state index contributed by atoms with van der Waals surface area (Å²) in [6.07, 6.45) is 3.16. The molecule has 0 aliphatic heterocycles. The smallest absolute Gasteiger partial charge is 0.277 e. The van der Waals surface area contributed by atoms with Crippen molar-refractivity contribution < 1.29 is 12.9 Å². The van der Waals surface area contributed by atoms with E-state index in [2.05, 4.69) is 19.8 Å². The first kappa shape index (κ1) is 14.5. The first-order valence-corrected chi connectivity index (χ1v) is 8.15. The molecule has 0 spiro atoms. The molecule has 0 aliphatic rings. The minimum Gasteiger partial charge on any atom is -0.337 e. The van der Waals surface area contributed by atoms with Gasteiger partial charge in [0.1, 0.15) is 0 Å². The number of hydrogen-bond acceptors (Lipinski definition) is 6. The van der Waals surface area contributed by atoms with E-state index in [4.69, 9.17) is 4.52 Å². The molecule has 0 saturated carbocycles. The molecule has 7 nitrogen and oxygen atoms in total. The highest BCUT2D eigenvalue weighted by atomic mass is 32.2. The molecule has 2 heterocycles. The number of nitrogens with one attached hydrogen (secondary N) is 1. The molecule has 22 heavy (non-hydrogen) atoms. The summed E-state index contributed by atoms with van der Waals surface area (Å²) in [5.74, 6) is 0.323. The van der Waals surface area contributed by atoms with Gasteiger partial charge in [-0.1, -0.05) is 26.0 Å². The van der Waals surface area contributed by atoms with Gasteiger partial charge in [0.2, 0.25) is 5.89 Å². The Bertz CT molecular complexity index is 913.